The Morgan fingerprint density at radius 3 is 2.76 bits per heavy atom. The number of hydrogen-bond donors (Lipinski definition) is 1. The zero-order valence-corrected chi connectivity index (χ0v) is 19.6. The minimum atomic E-state index is -0.170. The molecular formula is C26H23N5O2S. The van der Waals surface area contributed by atoms with E-state index in [9.17, 15) is 4.79 Å². The number of pyridine rings is 1. The van der Waals surface area contributed by atoms with E-state index >= 15 is 0 Å². The highest BCUT2D eigenvalue weighted by Crippen LogP contribution is 2.33. The van der Waals surface area contributed by atoms with Crippen LogP contribution in [0.1, 0.15) is 31.0 Å². The van der Waals surface area contributed by atoms with Crippen molar-refractivity contribution in [2.75, 3.05) is 11.9 Å². The lowest BCUT2D eigenvalue weighted by molar-refractivity contribution is -0.118. The largest absolute Gasteiger partial charge is 0.482 e. The first-order valence-electron chi connectivity index (χ1n) is 10.9. The third-order valence-corrected chi connectivity index (χ3v) is 6.19. The van der Waals surface area contributed by atoms with Crippen molar-refractivity contribution >= 4 is 34.8 Å². The summed E-state index contributed by atoms with van der Waals surface area (Å²) in [4.78, 5) is 21.7. The molecule has 1 aliphatic heterocycles. The summed E-state index contributed by atoms with van der Waals surface area (Å²) in [6.07, 6.45) is 3.44. The molecule has 1 aliphatic rings. The topological polar surface area (TPSA) is 80.9 Å². The summed E-state index contributed by atoms with van der Waals surface area (Å²) in [5.41, 5.74) is 5.23. The molecule has 0 atom stereocenters. The second-order valence-corrected chi connectivity index (χ2v) is 8.96. The van der Waals surface area contributed by atoms with Gasteiger partial charge in [0.25, 0.3) is 5.91 Å². The van der Waals surface area contributed by atoms with E-state index in [4.69, 9.17) is 14.8 Å². The Bertz CT molecular complexity index is 1420. The fraction of sp³-hybridized carbons (Fsp3) is 0.154. The zero-order chi connectivity index (χ0) is 23.5. The van der Waals surface area contributed by atoms with Gasteiger partial charge in [-0.15, -0.1) is 11.3 Å². The molecule has 3 heterocycles. The molecule has 170 valence electrons. The average Bonchev–Trinajstić information content (AvgIpc) is 3.25. The molecule has 0 saturated heterocycles. The first-order chi connectivity index (χ1) is 16.6. The standard InChI is InChI=1S/C26H23N5O2S/c1-17(2)18-6-9-20(10-7-18)29-26-31(28-14-21-5-3-4-12-27-21)23(16-34-26)19-8-11-24-22(13-19)30-25(32)15-33-24/h3-14,16-17H,15H2,1-2H3,(H,30,32). The molecule has 0 bridgehead atoms. The third kappa shape index (κ3) is 4.67. The van der Waals surface area contributed by atoms with Crippen LogP contribution in [0.2, 0.25) is 0 Å². The van der Waals surface area contributed by atoms with Gasteiger partial charge in [0.15, 0.2) is 6.61 Å². The maximum Gasteiger partial charge on any atom is 0.262 e. The summed E-state index contributed by atoms with van der Waals surface area (Å²) in [6.45, 7) is 4.37. The average molecular weight is 470 g/mol. The molecular weight excluding hydrogens is 446 g/mol. The highest BCUT2D eigenvalue weighted by molar-refractivity contribution is 7.07. The van der Waals surface area contributed by atoms with Crippen molar-refractivity contribution in [1.82, 2.24) is 9.66 Å². The molecule has 0 saturated carbocycles. The van der Waals surface area contributed by atoms with Gasteiger partial charge in [-0.25, -0.2) is 9.67 Å². The number of aromatic nitrogens is 2. The Kier molecular flexibility index (Phi) is 6.05. The summed E-state index contributed by atoms with van der Waals surface area (Å²) in [7, 11) is 0. The maximum atomic E-state index is 11.8. The molecule has 7 nitrogen and oxygen atoms in total. The predicted molar refractivity (Wildman–Crippen MR) is 135 cm³/mol. The van der Waals surface area contributed by atoms with E-state index in [-0.39, 0.29) is 12.5 Å². The number of nitrogens with one attached hydrogen (secondary N) is 1. The van der Waals surface area contributed by atoms with Gasteiger partial charge in [0, 0.05) is 17.1 Å². The lowest BCUT2D eigenvalue weighted by Crippen LogP contribution is -2.25. The molecule has 0 aliphatic carbocycles. The molecule has 2 aromatic heterocycles. The van der Waals surface area contributed by atoms with Crippen molar-refractivity contribution in [2.24, 2.45) is 10.1 Å². The number of amides is 1. The van der Waals surface area contributed by atoms with E-state index in [1.807, 2.05) is 53.9 Å². The Hall–Kier alpha value is -4.04. The number of carbonyl (C=O) groups excluding carboxylic acids is 1. The maximum absolute atomic E-state index is 11.8. The number of anilines is 1. The minimum absolute atomic E-state index is 0.0256. The van der Waals surface area contributed by atoms with Crippen molar-refractivity contribution in [2.45, 2.75) is 19.8 Å². The normalized spacial score (nSPS) is 13.7. The van der Waals surface area contributed by atoms with Crippen molar-refractivity contribution in [3.05, 3.63) is 88.3 Å². The van der Waals surface area contributed by atoms with Gasteiger partial charge in [0.1, 0.15) is 5.75 Å². The van der Waals surface area contributed by atoms with E-state index in [2.05, 4.69) is 36.3 Å². The van der Waals surface area contributed by atoms with Crippen LogP contribution >= 0.6 is 11.3 Å². The second kappa shape index (κ2) is 9.44. The lowest BCUT2D eigenvalue weighted by Gasteiger charge is -2.18. The van der Waals surface area contributed by atoms with Crippen LogP contribution in [0.4, 0.5) is 11.4 Å². The van der Waals surface area contributed by atoms with Crippen LogP contribution in [0.25, 0.3) is 11.3 Å². The Balaban J connectivity index is 1.60. The van der Waals surface area contributed by atoms with Gasteiger partial charge in [-0.1, -0.05) is 32.0 Å². The number of hydrogen-bond acceptors (Lipinski definition) is 6. The number of rotatable bonds is 5. The number of carbonyl (C=O) groups is 1. The molecule has 0 fully saturated rings. The molecule has 1 N–H and O–H groups in total. The smallest absolute Gasteiger partial charge is 0.262 e. The van der Waals surface area contributed by atoms with Gasteiger partial charge in [0.05, 0.1) is 29.0 Å². The number of fused-ring (bicyclic) bond motifs is 1. The highest BCUT2D eigenvalue weighted by Gasteiger charge is 2.18. The summed E-state index contributed by atoms with van der Waals surface area (Å²) in [5, 5.41) is 9.58. The summed E-state index contributed by atoms with van der Waals surface area (Å²) >= 11 is 1.49. The first-order valence-corrected chi connectivity index (χ1v) is 11.8. The van der Waals surface area contributed by atoms with Crippen molar-refractivity contribution < 1.29 is 9.53 Å². The molecule has 34 heavy (non-hydrogen) atoms. The SMILES string of the molecule is CC(C)c1ccc(N=c2scc(-c3ccc4c(c3)NC(=O)CO4)n2N=Cc2ccccn2)cc1. The summed E-state index contributed by atoms with van der Waals surface area (Å²) in [6, 6.07) is 19.6. The summed E-state index contributed by atoms with van der Waals surface area (Å²) in [5.74, 6) is 0.942. The number of benzene rings is 2. The van der Waals surface area contributed by atoms with Gasteiger partial charge < -0.3 is 10.1 Å². The van der Waals surface area contributed by atoms with Crippen molar-refractivity contribution in [3.8, 4) is 17.0 Å². The first kappa shape index (κ1) is 21.8. The fourth-order valence-electron chi connectivity index (χ4n) is 3.54. The van der Waals surface area contributed by atoms with E-state index in [0.717, 1.165) is 27.4 Å². The van der Waals surface area contributed by atoms with Crippen LogP contribution in [0.15, 0.2) is 82.3 Å². The third-order valence-electron chi connectivity index (χ3n) is 5.37. The van der Waals surface area contributed by atoms with Crippen molar-refractivity contribution in [3.63, 3.8) is 0 Å². The molecule has 0 unspecified atom stereocenters. The summed E-state index contributed by atoms with van der Waals surface area (Å²) < 4.78 is 7.29. The van der Waals surface area contributed by atoms with Gasteiger partial charge in [-0.3, -0.25) is 9.78 Å². The molecule has 0 radical (unpaired) electrons. The number of nitrogens with zero attached hydrogens (tertiary/aromatic N) is 4. The highest BCUT2D eigenvalue weighted by atomic mass is 32.1. The quantitative estimate of drug-likeness (QED) is 0.409. The fourth-order valence-corrected chi connectivity index (χ4v) is 4.40. The minimum Gasteiger partial charge on any atom is -0.482 e. The van der Waals surface area contributed by atoms with Gasteiger partial charge in [-0.05, 0) is 53.9 Å². The van der Waals surface area contributed by atoms with Crippen LogP contribution in [-0.4, -0.2) is 28.4 Å². The van der Waals surface area contributed by atoms with Crippen molar-refractivity contribution in [1.29, 1.82) is 0 Å². The second-order valence-electron chi connectivity index (χ2n) is 8.12. The van der Waals surface area contributed by atoms with Crippen LogP contribution in [-0.2, 0) is 4.79 Å². The predicted octanol–water partition coefficient (Wildman–Crippen LogP) is 5.18. The van der Waals surface area contributed by atoms with Crippen LogP contribution < -0.4 is 14.9 Å². The monoisotopic (exact) mass is 469 g/mol. The molecule has 5 rings (SSSR count). The van der Waals surface area contributed by atoms with Crippen LogP contribution in [0, 0.1) is 0 Å². The van der Waals surface area contributed by atoms with Crippen LogP contribution in [0.3, 0.4) is 0 Å². The molecule has 1 amide bonds. The molecule has 8 heteroatoms. The Labute approximate surface area is 201 Å². The van der Waals surface area contributed by atoms with Gasteiger partial charge >= 0.3 is 0 Å². The molecule has 0 spiro atoms. The zero-order valence-electron chi connectivity index (χ0n) is 18.8. The molecule has 4 aromatic rings. The Morgan fingerprint density at radius 1 is 1.15 bits per heavy atom. The van der Waals surface area contributed by atoms with Gasteiger partial charge in [0.2, 0.25) is 4.80 Å². The van der Waals surface area contributed by atoms with E-state index < -0.39 is 0 Å². The Morgan fingerprint density at radius 2 is 2.00 bits per heavy atom. The van der Waals surface area contributed by atoms with Gasteiger partial charge in [-0.2, -0.15) is 5.10 Å². The number of thiazole rings is 1. The lowest BCUT2D eigenvalue weighted by atomic mass is 10.0. The van der Waals surface area contributed by atoms with Crippen LogP contribution in [0.5, 0.6) is 5.75 Å². The van der Waals surface area contributed by atoms with E-state index in [1.54, 1.807) is 17.1 Å². The number of ether oxygens (including phenoxy) is 1. The molecule has 2 aromatic carbocycles. The van der Waals surface area contributed by atoms with E-state index in [1.165, 1.54) is 16.9 Å². The van der Waals surface area contributed by atoms with E-state index in [0.29, 0.717) is 17.4 Å².